The van der Waals surface area contributed by atoms with E-state index in [4.69, 9.17) is 5.73 Å². The third kappa shape index (κ3) is 2.74. The number of nitrogens with zero attached hydrogens (tertiary/aromatic N) is 1. The van der Waals surface area contributed by atoms with E-state index in [9.17, 15) is 4.79 Å². The van der Waals surface area contributed by atoms with Crippen LogP contribution in [0.3, 0.4) is 0 Å². The highest BCUT2D eigenvalue weighted by Crippen LogP contribution is 2.48. The summed E-state index contributed by atoms with van der Waals surface area (Å²) in [6.45, 7) is 0.935. The molecule has 3 fully saturated rings. The van der Waals surface area contributed by atoms with Gasteiger partial charge in [0.2, 0.25) is 5.91 Å². The molecule has 114 valence electrons. The van der Waals surface area contributed by atoms with Gasteiger partial charge in [0, 0.05) is 19.6 Å². The van der Waals surface area contributed by atoms with Crippen LogP contribution in [0.5, 0.6) is 0 Å². The molecule has 3 aliphatic rings. The first-order valence-corrected chi connectivity index (χ1v) is 8.67. The molecule has 0 aromatic heterocycles. The number of carbonyl (C=O) groups is 1. The summed E-state index contributed by atoms with van der Waals surface area (Å²) in [6, 6.07) is 0.137. The second-order valence-electron chi connectivity index (χ2n) is 7.49. The van der Waals surface area contributed by atoms with Crippen molar-refractivity contribution in [3.63, 3.8) is 0 Å². The standard InChI is InChI=1S/C17H30N2O/c1-19(10-9-12-5-3-2-4-6-12)17(20)15-13-7-8-14(11-13)16(15)18/h12-16H,2-11,18H2,1H3. The zero-order valence-electron chi connectivity index (χ0n) is 12.9. The first-order valence-electron chi connectivity index (χ1n) is 8.67. The molecular formula is C17H30N2O. The van der Waals surface area contributed by atoms with Gasteiger partial charge in [-0.15, -0.1) is 0 Å². The lowest BCUT2D eigenvalue weighted by molar-refractivity contribution is -0.136. The first-order chi connectivity index (χ1) is 9.66. The summed E-state index contributed by atoms with van der Waals surface area (Å²) in [6.07, 6.45) is 11.8. The van der Waals surface area contributed by atoms with Crippen LogP contribution in [0.1, 0.15) is 57.8 Å². The third-order valence-electron chi connectivity index (χ3n) is 6.24. The monoisotopic (exact) mass is 278 g/mol. The predicted octanol–water partition coefficient (Wildman–Crippen LogP) is 2.79. The Morgan fingerprint density at radius 2 is 1.80 bits per heavy atom. The van der Waals surface area contributed by atoms with Crippen molar-refractivity contribution >= 4 is 5.91 Å². The predicted molar refractivity (Wildman–Crippen MR) is 81.1 cm³/mol. The number of fused-ring (bicyclic) bond motifs is 2. The maximum Gasteiger partial charge on any atom is 0.227 e. The van der Waals surface area contributed by atoms with Gasteiger partial charge < -0.3 is 10.6 Å². The summed E-state index contributed by atoms with van der Waals surface area (Å²) in [5, 5.41) is 0. The van der Waals surface area contributed by atoms with E-state index in [1.165, 1.54) is 57.8 Å². The maximum absolute atomic E-state index is 12.7. The van der Waals surface area contributed by atoms with Gasteiger partial charge in [0.1, 0.15) is 0 Å². The van der Waals surface area contributed by atoms with Crippen LogP contribution in [-0.4, -0.2) is 30.4 Å². The molecule has 2 N–H and O–H groups in total. The largest absolute Gasteiger partial charge is 0.345 e. The molecule has 0 aliphatic heterocycles. The summed E-state index contributed by atoms with van der Waals surface area (Å²) in [7, 11) is 1.99. The van der Waals surface area contributed by atoms with Crippen molar-refractivity contribution in [2.24, 2.45) is 29.4 Å². The number of nitrogens with two attached hydrogens (primary N) is 1. The normalized spacial score (nSPS) is 37.3. The van der Waals surface area contributed by atoms with Crippen LogP contribution in [0, 0.1) is 23.7 Å². The van der Waals surface area contributed by atoms with Crippen LogP contribution in [0.25, 0.3) is 0 Å². The number of amides is 1. The van der Waals surface area contributed by atoms with Crippen molar-refractivity contribution in [3.8, 4) is 0 Å². The molecule has 3 nitrogen and oxygen atoms in total. The Morgan fingerprint density at radius 1 is 1.10 bits per heavy atom. The van der Waals surface area contributed by atoms with Gasteiger partial charge in [0.05, 0.1) is 5.92 Å². The van der Waals surface area contributed by atoms with Crippen LogP contribution >= 0.6 is 0 Å². The number of rotatable bonds is 4. The van der Waals surface area contributed by atoms with Crippen molar-refractivity contribution in [2.75, 3.05) is 13.6 Å². The minimum Gasteiger partial charge on any atom is -0.345 e. The fourth-order valence-electron chi connectivity index (χ4n) is 4.92. The highest BCUT2D eigenvalue weighted by molar-refractivity contribution is 5.80. The topological polar surface area (TPSA) is 46.3 Å². The molecule has 0 radical (unpaired) electrons. The van der Waals surface area contributed by atoms with Crippen molar-refractivity contribution in [1.82, 2.24) is 4.90 Å². The molecule has 20 heavy (non-hydrogen) atoms. The molecule has 2 bridgehead atoms. The smallest absolute Gasteiger partial charge is 0.227 e. The lowest BCUT2D eigenvalue weighted by Crippen LogP contribution is -2.46. The van der Waals surface area contributed by atoms with E-state index >= 15 is 0 Å². The van der Waals surface area contributed by atoms with Crippen LogP contribution < -0.4 is 5.73 Å². The molecule has 3 saturated carbocycles. The van der Waals surface area contributed by atoms with Crippen molar-refractivity contribution < 1.29 is 4.79 Å². The fraction of sp³-hybridized carbons (Fsp3) is 0.941. The zero-order valence-corrected chi connectivity index (χ0v) is 12.9. The Labute approximate surface area is 123 Å². The van der Waals surface area contributed by atoms with Gasteiger partial charge in [-0.2, -0.15) is 0 Å². The highest BCUT2D eigenvalue weighted by atomic mass is 16.2. The lowest BCUT2D eigenvalue weighted by Gasteiger charge is -2.32. The molecule has 3 aliphatic carbocycles. The van der Waals surface area contributed by atoms with Gasteiger partial charge in [-0.1, -0.05) is 32.1 Å². The minimum atomic E-state index is 0.130. The SMILES string of the molecule is CN(CCC1CCCCC1)C(=O)C1C2CCC(C2)C1N. The number of hydrogen-bond acceptors (Lipinski definition) is 2. The van der Waals surface area contributed by atoms with Gasteiger partial charge >= 0.3 is 0 Å². The molecular weight excluding hydrogens is 248 g/mol. The first kappa shape index (κ1) is 14.4. The molecule has 4 atom stereocenters. The molecule has 3 heteroatoms. The summed E-state index contributed by atoms with van der Waals surface area (Å²) in [4.78, 5) is 14.7. The van der Waals surface area contributed by atoms with Gasteiger partial charge in [0.25, 0.3) is 0 Å². The van der Waals surface area contributed by atoms with Crippen molar-refractivity contribution in [3.05, 3.63) is 0 Å². The average molecular weight is 278 g/mol. The Balaban J connectivity index is 1.49. The van der Waals surface area contributed by atoms with Gasteiger partial charge in [0.15, 0.2) is 0 Å². The third-order valence-corrected chi connectivity index (χ3v) is 6.24. The van der Waals surface area contributed by atoms with E-state index < -0.39 is 0 Å². The summed E-state index contributed by atoms with van der Waals surface area (Å²) in [5.41, 5.74) is 6.29. The quantitative estimate of drug-likeness (QED) is 0.859. The van der Waals surface area contributed by atoms with E-state index in [2.05, 4.69) is 0 Å². The number of carbonyl (C=O) groups excluding carboxylic acids is 1. The molecule has 0 aromatic carbocycles. The van der Waals surface area contributed by atoms with E-state index in [0.29, 0.717) is 17.7 Å². The van der Waals surface area contributed by atoms with E-state index in [-0.39, 0.29) is 12.0 Å². The van der Waals surface area contributed by atoms with E-state index in [1.807, 2.05) is 11.9 Å². The summed E-state index contributed by atoms with van der Waals surface area (Å²) in [5.74, 6) is 2.53. The van der Waals surface area contributed by atoms with Crippen LogP contribution in [0.15, 0.2) is 0 Å². The zero-order chi connectivity index (χ0) is 14.1. The Hall–Kier alpha value is -0.570. The molecule has 0 aromatic rings. The summed E-state index contributed by atoms with van der Waals surface area (Å²) < 4.78 is 0. The van der Waals surface area contributed by atoms with E-state index in [0.717, 1.165) is 12.5 Å². The fourth-order valence-corrected chi connectivity index (χ4v) is 4.92. The Bertz CT molecular complexity index is 349. The molecule has 0 saturated heterocycles. The second-order valence-corrected chi connectivity index (χ2v) is 7.49. The maximum atomic E-state index is 12.7. The Morgan fingerprint density at radius 3 is 2.45 bits per heavy atom. The van der Waals surface area contributed by atoms with Crippen LogP contribution in [-0.2, 0) is 4.79 Å². The minimum absolute atomic E-state index is 0.130. The van der Waals surface area contributed by atoms with Crippen molar-refractivity contribution in [1.29, 1.82) is 0 Å². The van der Waals surface area contributed by atoms with E-state index in [1.54, 1.807) is 0 Å². The molecule has 1 amide bonds. The van der Waals surface area contributed by atoms with Crippen molar-refractivity contribution in [2.45, 2.75) is 63.8 Å². The van der Waals surface area contributed by atoms with Gasteiger partial charge in [-0.25, -0.2) is 0 Å². The summed E-state index contributed by atoms with van der Waals surface area (Å²) >= 11 is 0. The average Bonchev–Trinajstić information content (AvgIpc) is 3.06. The van der Waals surface area contributed by atoms with Crippen LogP contribution in [0.2, 0.25) is 0 Å². The van der Waals surface area contributed by atoms with Gasteiger partial charge in [-0.3, -0.25) is 4.79 Å². The molecule has 4 unspecified atom stereocenters. The molecule has 3 rings (SSSR count). The molecule has 0 spiro atoms. The highest BCUT2D eigenvalue weighted by Gasteiger charge is 2.49. The number of hydrogen-bond donors (Lipinski definition) is 1. The lowest BCUT2D eigenvalue weighted by atomic mass is 9.83. The Kier molecular flexibility index (Phi) is 4.34. The molecule has 0 heterocycles. The van der Waals surface area contributed by atoms with Crippen LogP contribution in [0.4, 0.5) is 0 Å². The van der Waals surface area contributed by atoms with Gasteiger partial charge in [-0.05, 0) is 43.4 Å². The second kappa shape index (κ2) is 6.05.